The minimum atomic E-state index is -1.01. The largest absolute Gasteiger partial charge is 0.493 e. The Morgan fingerprint density at radius 1 is 1.26 bits per heavy atom. The number of methoxy groups -OCH3 is 2. The first-order chi connectivity index (χ1) is 16.8. The number of halogens is 2. The first-order valence-corrected chi connectivity index (χ1v) is 11.0. The van der Waals surface area contributed by atoms with Crippen molar-refractivity contribution < 1.29 is 27.8 Å². The zero-order valence-corrected chi connectivity index (χ0v) is 19.9. The molecule has 35 heavy (non-hydrogen) atoms. The normalized spacial score (nSPS) is 17.9. The van der Waals surface area contributed by atoms with Crippen LogP contribution < -0.4 is 24.6 Å². The maximum absolute atomic E-state index is 15.3. The van der Waals surface area contributed by atoms with Crippen LogP contribution in [0.3, 0.4) is 0 Å². The molecule has 1 aromatic carbocycles. The zero-order chi connectivity index (χ0) is 25.3. The molecule has 3 heterocycles. The van der Waals surface area contributed by atoms with E-state index in [1.54, 1.807) is 32.4 Å². The molecule has 1 atom stereocenters. The number of anilines is 2. The van der Waals surface area contributed by atoms with Crippen LogP contribution in [0.2, 0.25) is 0 Å². The number of carbonyl (C=O) groups is 1. The summed E-state index contributed by atoms with van der Waals surface area (Å²) in [4.78, 5) is 20.8. The molecule has 1 fully saturated rings. The van der Waals surface area contributed by atoms with E-state index in [4.69, 9.17) is 19.6 Å². The summed E-state index contributed by atoms with van der Waals surface area (Å²) in [5.74, 6) is -2.50. The Morgan fingerprint density at radius 3 is 2.49 bits per heavy atom. The fraction of sp³-hybridized carbons (Fsp3) is 0.375. The van der Waals surface area contributed by atoms with Crippen molar-refractivity contribution in [3.8, 4) is 11.5 Å². The summed E-state index contributed by atoms with van der Waals surface area (Å²) in [7, 11) is 4.22. The van der Waals surface area contributed by atoms with Crippen molar-refractivity contribution >= 4 is 28.7 Å². The predicted molar refractivity (Wildman–Crippen MR) is 127 cm³/mol. The maximum atomic E-state index is 15.3. The lowest BCUT2D eigenvalue weighted by Crippen LogP contribution is -2.52. The standard InChI is InChI=1S/C24H27F2N5O4/c1-13(27)16(10-28-2)17-7-18-14(9-29-17)11-30(24(32)31(18)15-5-6-35-12-15)23-21(25)19(33-3)8-20(34-4)22(23)26/h7-10,15,27-28H,5-6,11-12H2,1-4H3/b16-10+,27-13?. The number of benzene rings is 1. The van der Waals surface area contributed by atoms with Crippen LogP contribution in [0.1, 0.15) is 24.6 Å². The fourth-order valence-electron chi connectivity index (χ4n) is 4.32. The lowest BCUT2D eigenvalue weighted by atomic mass is 10.0. The molecule has 0 saturated carbocycles. The zero-order valence-electron chi connectivity index (χ0n) is 19.9. The number of fused-ring (bicyclic) bond motifs is 1. The second-order valence-electron chi connectivity index (χ2n) is 8.18. The molecule has 0 spiro atoms. The van der Waals surface area contributed by atoms with E-state index in [-0.39, 0.29) is 30.7 Å². The number of hydrogen-bond donors (Lipinski definition) is 2. The number of rotatable bonds is 7. The Hall–Kier alpha value is -3.73. The molecule has 0 aliphatic carbocycles. The van der Waals surface area contributed by atoms with E-state index >= 15 is 8.78 Å². The third kappa shape index (κ3) is 4.27. The van der Waals surface area contributed by atoms with Crippen LogP contribution in [-0.2, 0) is 11.3 Å². The van der Waals surface area contributed by atoms with Crippen molar-refractivity contribution in [2.75, 3.05) is 44.3 Å². The number of allylic oxidation sites excluding steroid dienone is 1. The summed E-state index contributed by atoms with van der Waals surface area (Å²) < 4.78 is 46.3. The van der Waals surface area contributed by atoms with Gasteiger partial charge < -0.3 is 24.9 Å². The Balaban J connectivity index is 1.88. The van der Waals surface area contributed by atoms with Gasteiger partial charge in [-0.05, 0) is 19.4 Å². The van der Waals surface area contributed by atoms with Gasteiger partial charge in [-0.3, -0.25) is 14.8 Å². The van der Waals surface area contributed by atoms with Crippen molar-refractivity contribution in [3.63, 3.8) is 0 Å². The quantitative estimate of drug-likeness (QED) is 0.578. The van der Waals surface area contributed by atoms with Gasteiger partial charge in [0.15, 0.2) is 23.1 Å². The predicted octanol–water partition coefficient (Wildman–Crippen LogP) is 3.71. The van der Waals surface area contributed by atoms with Gasteiger partial charge in [0.2, 0.25) is 0 Å². The number of ether oxygens (including phenoxy) is 3. The van der Waals surface area contributed by atoms with E-state index in [1.165, 1.54) is 19.1 Å². The topological polar surface area (TPSA) is 100 Å². The number of pyridine rings is 1. The third-order valence-electron chi connectivity index (χ3n) is 6.05. The van der Waals surface area contributed by atoms with Gasteiger partial charge in [-0.25, -0.2) is 13.6 Å². The van der Waals surface area contributed by atoms with Gasteiger partial charge in [0, 0.05) is 49.0 Å². The summed E-state index contributed by atoms with van der Waals surface area (Å²) in [5.41, 5.74) is 1.94. The number of urea groups is 1. The summed E-state index contributed by atoms with van der Waals surface area (Å²) in [6.07, 6.45) is 3.78. The second kappa shape index (κ2) is 9.87. The first-order valence-electron chi connectivity index (χ1n) is 11.0. The molecule has 186 valence electrons. The SMILES string of the molecule is CN/C=C(\C(C)=N)c1cc2c(cn1)CN(c1c(F)c(OC)cc(OC)c1F)C(=O)N2C1CCOC1. The van der Waals surface area contributed by atoms with Gasteiger partial charge in [0.25, 0.3) is 0 Å². The lowest BCUT2D eigenvalue weighted by molar-refractivity contribution is 0.192. The molecule has 1 aromatic heterocycles. The molecular weight excluding hydrogens is 460 g/mol. The molecule has 2 aliphatic heterocycles. The monoisotopic (exact) mass is 487 g/mol. The molecule has 4 rings (SSSR count). The summed E-state index contributed by atoms with van der Waals surface area (Å²) >= 11 is 0. The average molecular weight is 488 g/mol. The second-order valence-corrected chi connectivity index (χ2v) is 8.18. The molecule has 2 aromatic rings. The minimum absolute atomic E-state index is 0.121. The van der Waals surface area contributed by atoms with Crippen LogP contribution in [0.4, 0.5) is 25.0 Å². The van der Waals surface area contributed by atoms with Crippen LogP contribution in [-0.4, -0.2) is 57.2 Å². The molecule has 0 bridgehead atoms. The molecule has 1 saturated heterocycles. The number of carbonyl (C=O) groups excluding carboxylic acids is 1. The number of aromatic nitrogens is 1. The molecule has 2 amide bonds. The van der Waals surface area contributed by atoms with Gasteiger partial charge in [0.1, 0.15) is 5.69 Å². The highest BCUT2D eigenvalue weighted by Crippen LogP contribution is 2.42. The van der Waals surface area contributed by atoms with Crippen molar-refractivity contribution in [2.45, 2.75) is 25.9 Å². The van der Waals surface area contributed by atoms with E-state index in [0.29, 0.717) is 41.3 Å². The van der Waals surface area contributed by atoms with Crippen LogP contribution in [0.5, 0.6) is 11.5 Å². The molecule has 11 heteroatoms. The van der Waals surface area contributed by atoms with E-state index in [9.17, 15) is 4.79 Å². The number of nitrogens with zero attached hydrogens (tertiary/aromatic N) is 3. The Labute approximate surface area is 201 Å². The van der Waals surface area contributed by atoms with Crippen LogP contribution >= 0.6 is 0 Å². The van der Waals surface area contributed by atoms with Crippen LogP contribution in [0.15, 0.2) is 24.5 Å². The highest BCUT2D eigenvalue weighted by Gasteiger charge is 2.41. The molecule has 1 unspecified atom stereocenters. The summed E-state index contributed by atoms with van der Waals surface area (Å²) in [6.45, 7) is 2.26. The van der Waals surface area contributed by atoms with Gasteiger partial charge in [-0.15, -0.1) is 0 Å². The fourth-order valence-corrected chi connectivity index (χ4v) is 4.32. The molecule has 2 N–H and O–H groups in total. The molecule has 9 nitrogen and oxygen atoms in total. The lowest BCUT2D eigenvalue weighted by Gasteiger charge is -2.40. The van der Waals surface area contributed by atoms with Crippen molar-refractivity contribution in [1.29, 1.82) is 5.41 Å². The number of hydrogen-bond acceptors (Lipinski definition) is 7. The highest BCUT2D eigenvalue weighted by molar-refractivity contribution is 6.20. The summed E-state index contributed by atoms with van der Waals surface area (Å²) in [5, 5.41) is 11.0. The van der Waals surface area contributed by atoms with Crippen molar-refractivity contribution in [1.82, 2.24) is 10.3 Å². The van der Waals surface area contributed by atoms with Gasteiger partial charge in [0.05, 0.1) is 44.8 Å². The van der Waals surface area contributed by atoms with E-state index in [0.717, 1.165) is 11.0 Å². The van der Waals surface area contributed by atoms with Gasteiger partial charge >= 0.3 is 6.03 Å². The smallest absolute Gasteiger partial charge is 0.329 e. The Morgan fingerprint density at radius 2 is 1.94 bits per heavy atom. The maximum Gasteiger partial charge on any atom is 0.329 e. The van der Waals surface area contributed by atoms with E-state index in [1.807, 2.05) is 0 Å². The Kier molecular flexibility index (Phi) is 6.88. The van der Waals surface area contributed by atoms with Crippen molar-refractivity contribution in [2.24, 2.45) is 0 Å². The molecule has 2 aliphatic rings. The van der Waals surface area contributed by atoms with E-state index in [2.05, 4.69) is 10.3 Å². The first kappa shape index (κ1) is 24.4. The minimum Gasteiger partial charge on any atom is -0.493 e. The number of nitrogens with one attached hydrogen (secondary N) is 2. The highest BCUT2D eigenvalue weighted by atomic mass is 19.1. The number of amides is 2. The Bertz CT molecular complexity index is 1170. The average Bonchev–Trinajstić information content (AvgIpc) is 3.37. The van der Waals surface area contributed by atoms with Gasteiger partial charge in [-0.1, -0.05) is 0 Å². The van der Waals surface area contributed by atoms with Crippen LogP contribution in [0, 0.1) is 17.0 Å². The van der Waals surface area contributed by atoms with E-state index < -0.39 is 23.4 Å². The molecular formula is C24H27F2N5O4. The third-order valence-corrected chi connectivity index (χ3v) is 6.05. The van der Waals surface area contributed by atoms with Crippen molar-refractivity contribution in [3.05, 3.63) is 47.4 Å². The van der Waals surface area contributed by atoms with Gasteiger partial charge in [-0.2, -0.15) is 0 Å². The molecule has 0 radical (unpaired) electrons. The summed E-state index contributed by atoms with van der Waals surface area (Å²) in [6, 6.07) is 1.88. The van der Waals surface area contributed by atoms with Crippen LogP contribution in [0.25, 0.3) is 5.57 Å².